The number of hydrazine groups is 1. The molecule has 1 fully saturated rings. The predicted molar refractivity (Wildman–Crippen MR) is 72.3 cm³/mol. The fourth-order valence-electron chi connectivity index (χ4n) is 2.06. The van der Waals surface area contributed by atoms with Crippen molar-refractivity contribution in [2.45, 2.75) is 12.8 Å². The van der Waals surface area contributed by atoms with Crippen molar-refractivity contribution >= 4 is 22.6 Å². The van der Waals surface area contributed by atoms with Crippen LogP contribution in [0.15, 0.2) is 42.5 Å². The summed E-state index contributed by atoms with van der Waals surface area (Å²) < 4.78 is 0. The number of carbonyl (C=O) groups is 2. The van der Waals surface area contributed by atoms with Crippen molar-refractivity contribution in [3.8, 4) is 0 Å². The lowest BCUT2D eigenvalue weighted by Crippen LogP contribution is -2.42. The summed E-state index contributed by atoms with van der Waals surface area (Å²) in [6.07, 6.45) is 1.83. The molecule has 2 aromatic carbocycles. The van der Waals surface area contributed by atoms with Gasteiger partial charge in [-0.3, -0.25) is 20.4 Å². The van der Waals surface area contributed by atoms with Gasteiger partial charge in [0.25, 0.3) is 5.91 Å². The van der Waals surface area contributed by atoms with E-state index in [1.807, 2.05) is 36.4 Å². The fraction of sp³-hybridized carbons (Fsp3) is 0.200. The molecule has 96 valence electrons. The Balaban J connectivity index is 1.79. The summed E-state index contributed by atoms with van der Waals surface area (Å²) in [5, 5.41) is 1.88. The van der Waals surface area contributed by atoms with Crippen LogP contribution >= 0.6 is 0 Å². The minimum absolute atomic E-state index is 0.0767. The Hall–Kier alpha value is -2.36. The molecule has 1 aliphatic carbocycles. The van der Waals surface area contributed by atoms with Crippen LogP contribution in [-0.2, 0) is 4.79 Å². The maximum Gasteiger partial charge on any atom is 0.270 e. The monoisotopic (exact) mass is 254 g/mol. The van der Waals surface area contributed by atoms with Gasteiger partial charge in [0, 0.05) is 11.5 Å². The Bertz CT molecular complexity index is 642. The number of hydrogen-bond acceptors (Lipinski definition) is 2. The van der Waals surface area contributed by atoms with Crippen molar-refractivity contribution < 1.29 is 9.59 Å². The Morgan fingerprint density at radius 3 is 2.47 bits per heavy atom. The number of nitrogens with one attached hydrogen (secondary N) is 2. The van der Waals surface area contributed by atoms with E-state index in [4.69, 9.17) is 0 Å². The molecule has 3 rings (SSSR count). The molecule has 0 atom stereocenters. The first kappa shape index (κ1) is 11.7. The van der Waals surface area contributed by atoms with Crippen molar-refractivity contribution in [2.75, 3.05) is 0 Å². The fourth-order valence-corrected chi connectivity index (χ4v) is 2.06. The van der Waals surface area contributed by atoms with E-state index in [-0.39, 0.29) is 17.7 Å². The molecule has 0 heterocycles. The summed E-state index contributed by atoms with van der Waals surface area (Å²) in [5.41, 5.74) is 5.51. The van der Waals surface area contributed by atoms with Gasteiger partial charge in [-0.1, -0.05) is 36.4 Å². The molecule has 4 heteroatoms. The van der Waals surface area contributed by atoms with E-state index in [9.17, 15) is 9.59 Å². The average Bonchev–Trinajstić information content (AvgIpc) is 3.28. The van der Waals surface area contributed by atoms with E-state index in [0.29, 0.717) is 5.56 Å². The first-order chi connectivity index (χ1) is 9.25. The van der Waals surface area contributed by atoms with E-state index >= 15 is 0 Å². The number of rotatable bonds is 2. The quantitative estimate of drug-likeness (QED) is 0.805. The second kappa shape index (κ2) is 4.72. The van der Waals surface area contributed by atoms with Gasteiger partial charge in [-0.15, -0.1) is 0 Å². The van der Waals surface area contributed by atoms with Crippen LogP contribution in [0.4, 0.5) is 0 Å². The third kappa shape index (κ3) is 2.42. The SMILES string of the molecule is O=C(NNC(=O)C1CC1)c1cccc2ccccc12. The number of hydrogen-bond donors (Lipinski definition) is 2. The van der Waals surface area contributed by atoms with Crippen molar-refractivity contribution in [2.24, 2.45) is 5.92 Å². The predicted octanol–water partition coefficient (Wildman–Crippen LogP) is 2.01. The Kier molecular flexibility index (Phi) is 2.91. The van der Waals surface area contributed by atoms with E-state index in [1.54, 1.807) is 6.07 Å². The third-order valence-corrected chi connectivity index (χ3v) is 3.28. The van der Waals surface area contributed by atoms with Crippen molar-refractivity contribution in [3.05, 3.63) is 48.0 Å². The number of amides is 2. The normalized spacial score (nSPS) is 14.1. The zero-order valence-electron chi connectivity index (χ0n) is 10.3. The van der Waals surface area contributed by atoms with Gasteiger partial charge in [0.05, 0.1) is 0 Å². The molecule has 0 spiro atoms. The molecule has 19 heavy (non-hydrogen) atoms. The molecular formula is C15H14N2O2. The van der Waals surface area contributed by atoms with Gasteiger partial charge in [-0.05, 0) is 29.7 Å². The highest BCUT2D eigenvalue weighted by molar-refractivity contribution is 6.07. The number of benzene rings is 2. The van der Waals surface area contributed by atoms with Gasteiger partial charge in [-0.25, -0.2) is 0 Å². The van der Waals surface area contributed by atoms with E-state index in [0.717, 1.165) is 23.6 Å². The van der Waals surface area contributed by atoms with Gasteiger partial charge in [0.2, 0.25) is 5.91 Å². The molecule has 0 bridgehead atoms. The Labute approximate surface area is 110 Å². The maximum absolute atomic E-state index is 12.1. The summed E-state index contributed by atoms with van der Waals surface area (Å²) in [6.45, 7) is 0. The summed E-state index contributed by atoms with van der Waals surface area (Å²) in [4.78, 5) is 23.6. The Morgan fingerprint density at radius 2 is 1.68 bits per heavy atom. The lowest BCUT2D eigenvalue weighted by molar-refractivity contribution is -0.123. The van der Waals surface area contributed by atoms with Crippen LogP contribution in [0, 0.1) is 5.92 Å². The zero-order valence-corrected chi connectivity index (χ0v) is 10.3. The van der Waals surface area contributed by atoms with E-state index < -0.39 is 0 Å². The molecule has 0 unspecified atom stereocenters. The van der Waals surface area contributed by atoms with Crippen molar-refractivity contribution in [3.63, 3.8) is 0 Å². The highest BCUT2D eigenvalue weighted by Crippen LogP contribution is 2.28. The topological polar surface area (TPSA) is 58.2 Å². The van der Waals surface area contributed by atoms with Gasteiger partial charge in [0.1, 0.15) is 0 Å². The van der Waals surface area contributed by atoms with Gasteiger partial charge in [0.15, 0.2) is 0 Å². The van der Waals surface area contributed by atoms with Crippen molar-refractivity contribution in [1.82, 2.24) is 10.9 Å². The van der Waals surface area contributed by atoms with Crippen LogP contribution in [0.25, 0.3) is 10.8 Å². The van der Waals surface area contributed by atoms with Gasteiger partial charge >= 0.3 is 0 Å². The first-order valence-corrected chi connectivity index (χ1v) is 6.33. The van der Waals surface area contributed by atoms with Gasteiger partial charge < -0.3 is 0 Å². The molecule has 2 N–H and O–H groups in total. The van der Waals surface area contributed by atoms with Crippen LogP contribution in [0.5, 0.6) is 0 Å². The van der Waals surface area contributed by atoms with Crippen LogP contribution in [0.3, 0.4) is 0 Å². The van der Waals surface area contributed by atoms with E-state index in [1.165, 1.54) is 0 Å². The minimum atomic E-state index is -0.286. The molecular weight excluding hydrogens is 240 g/mol. The molecule has 1 aliphatic rings. The van der Waals surface area contributed by atoms with Crippen LogP contribution < -0.4 is 10.9 Å². The lowest BCUT2D eigenvalue weighted by Gasteiger charge is -2.08. The standard InChI is InChI=1S/C15H14N2O2/c18-14(11-8-9-11)16-17-15(19)13-7-3-5-10-4-1-2-6-12(10)13/h1-7,11H,8-9H2,(H,16,18)(H,17,19). The molecule has 2 aromatic rings. The molecule has 0 aliphatic heterocycles. The summed E-state index contributed by atoms with van der Waals surface area (Å²) >= 11 is 0. The Morgan fingerprint density at radius 1 is 0.947 bits per heavy atom. The second-order valence-electron chi connectivity index (χ2n) is 4.74. The molecule has 0 radical (unpaired) electrons. The largest absolute Gasteiger partial charge is 0.273 e. The number of carbonyl (C=O) groups excluding carboxylic acids is 2. The third-order valence-electron chi connectivity index (χ3n) is 3.28. The number of fused-ring (bicyclic) bond motifs is 1. The lowest BCUT2D eigenvalue weighted by atomic mass is 10.0. The molecule has 2 amide bonds. The molecule has 4 nitrogen and oxygen atoms in total. The molecule has 0 saturated heterocycles. The zero-order chi connectivity index (χ0) is 13.2. The van der Waals surface area contributed by atoms with Crippen LogP contribution in [-0.4, -0.2) is 11.8 Å². The summed E-state index contributed by atoms with van der Waals surface area (Å²) in [5.74, 6) is -0.313. The smallest absolute Gasteiger partial charge is 0.270 e. The summed E-state index contributed by atoms with van der Waals surface area (Å²) in [7, 11) is 0. The van der Waals surface area contributed by atoms with Gasteiger partial charge in [-0.2, -0.15) is 0 Å². The molecule has 0 aromatic heterocycles. The van der Waals surface area contributed by atoms with Crippen LogP contribution in [0.2, 0.25) is 0 Å². The van der Waals surface area contributed by atoms with E-state index in [2.05, 4.69) is 10.9 Å². The van der Waals surface area contributed by atoms with Crippen LogP contribution in [0.1, 0.15) is 23.2 Å². The first-order valence-electron chi connectivity index (χ1n) is 6.33. The second-order valence-corrected chi connectivity index (χ2v) is 4.74. The minimum Gasteiger partial charge on any atom is -0.273 e. The highest BCUT2D eigenvalue weighted by atomic mass is 16.2. The van der Waals surface area contributed by atoms with Crippen molar-refractivity contribution in [1.29, 1.82) is 0 Å². The maximum atomic E-state index is 12.1. The summed E-state index contributed by atoms with van der Waals surface area (Å²) in [6, 6.07) is 13.2. The highest BCUT2D eigenvalue weighted by Gasteiger charge is 2.29. The average molecular weight is 254 g/mol. The molecule has 1 saturated carbocycles.